The molecule has 0 radical (unpaired) electrons. The van der Waals surface area contributed by atoms with Crippen molar-refractivity contribution in [3.8, 4) is 0 Å². The van der Waals surface area contributed by atoms with Gasteiger partial charge in [-0.05, 0) is 0 Å². The first kappa shape index (κ1) is 8.34. The minimum absolute atomic E-state index is 0.576. The average Bonchev–Trinajstić information content (AvgIpc) is 1.63. The van der Waals surface area contributed by atoms with E-state index < -0.39 is 0 Å². The van der Waals surface area contributed by atoms with Crippen molar-refractivity contribution in [2.75, 3.05) is 34.2 Å². The van der Waals surface area contributed by atoms with Gasteiger partial charge in [0.2, 0.25) is 6.08 Å². The normalized spacial score (nSPS) is 10.6. The zero-order valence-electron chi connectivity index (χ0n) is 6.22. The summed E-state index contributed by atoms with van der Waals surface area (Å²) in [5.74, 6) is 0. The van der Waals surface area contributed by atoms with Gasteiger partial charge in [-0.15, -0.1) is 0 Å². The van der Waals surface area contributed by atoms with E-state index in [0.717, 1.165) is 11.0 Å². The van der Waals surface area contributed by atoms with Gasteiger partial charge in [0, 0.05) is 0 Å². The van der Waals surface area contributed by atoms with Gasteiger partial charge < -0.3 is 4.48 Å². The lowest BCUT2D eigenvalue weighted by Gasteiger charge is -2.21. The van der Waals surface area contributed by atoms with Crippen LogP contribution in [0.15, 0.2) is 4.99 Å². The highest BCUT2D eigenvalue weighted by Gasteiger charge is 2.03. The zero-order chi connectivity index (χ0) is 7.33. The lowest BCUT2D eigenvalue weighted by atomic mass is 10.5. The highest BCUT2D eigenvalue weighted by Crippen LogP contribution is 1.87. The molecule has 0 aliphatic rings. The van der Waals surface area contributed by atoms with Crippen molar-refractivity contribution in [3.63, 3.8) is 0 Å². The van der Waals surface area contributed by atoms with Crippen LogP contribution < -0.4 is 0 Å². The maximum absolute atomic E-state index is 9.59. The molecule has 3 nitrogen and oxygen atoms in total. The highest BCUT2D eigenvalue weighted by atomic mass is 16.1. The quantitative estimate of drug-likeness (QED) is 0.300. The molecule has 0 aromatic heterocycles. The molecule has 0 unspecified atom stereocenters. The topological polar surface area (TPSA) is 29.4 Å². The zero-order valence-corrected chi connectivity index (χ0v) is 6.22. The minimum Gasteiger partial charge on any atom is -0.329 e. The second kappa shape index (κ2) is 3.38. The van der Waals surface area contributed by atoms with Crippen molar-refractivity contribution in [1.29, 1.82) is 0 Å². The largest absolute Gasteiger partial charge is 0.329 e. The van der Waals surface area contributed by atoms with Crippen LogP contribution in [0.2, 0.25) is 0 Å². The summed E-state index contributed by atoms with van der Waals surface area (Å²) in [5, 5.41) is 0. The number of carbonyl (C=O) groups excluding carboxylic acids is 1. The highest BCUT2D eigenvalue weighted by molar-refractivity contribution is 5.32. The third kappa shape index (κ3) is 7.34. The fourth-order valence-corrected chi connectivity index (χ4v) is 0.396. The van der Waals surface area contributed by atoms with Crippen LogP contribution >= 0.6 is 0 Å². The number of nitrogens with zero attached hydrogens (tertiary/aromatic N) is 2. The molecule has 3 heteroatoms. The van der Waals surface area contributed by atoms with Crippen molar-refractivity contribution in [2.45, 2.75) is 0 Å². The molecule has 0 rings (SSSR count). The summed E-state index contributed by atoms with van der Waals surface area (Å²) in [6, 6.07) is 0. The summed E-state index contributed by atoms with van der Waals surface area (Å²) >= 11 is 0. The molecule has 0 amide bonds. The summed E-state index contributed by atoms with van der Waals surface area (Å²) in [4.78, 5) is 13.0. The van der Waals surface area contributed by atoms with Gasteiger partial charge in [0.15, 0.2) is 0 Å². The van der Waals surface area contributed by atoms with E-state index in [4.69, 9.17) is 0 Å². The van der Waals surface area contributed by atoms with Crippen molar-refractivity contribution in [1.82, 2.24) is 0 Å². The number of likely N-dealkylation sites (N-methyl/N-ethyl adjacent to an activating group) is 1. The van der Waals surface area contributed by atoms with Gasteiger partial charge in [0.25, 0.3) is 0 Å². The van der Waals surface area contributed by atoms with Gasteiger partial charge in [0.1, 0.15) is 6.54 Å². The number of quaternary nitrogens is 1. The number of isocyanates is 1. The van der Waals surface area contributed by atoms with Crippen LogP contribution in [0.5, 0.6) is 0 Å². The van der Waals surface area contributed by atoms with Gasteiger partial charge in [-0.1, -0.05) is 0 Å². The minimum atomic E-state index is 0.576. The summed E-state index contributed by atoms with van der Waals surface area (Å²) in [5.41, 5.74) is 0. The SMILES string of the molecule is C[N+](C)(C)CCN=C=O. The van der Waals surface area contributed by atoms with Crippen LogP contribution in [0.3, 0.4) is 0 Å². The molecule has 0 N–H and O–H groups in total. The van der Waals surface area contributed by atoms with Gasteiger partial charge in [-0.25, -0.2) is 4.79 Å². The predicted molar refractivity (Wildman–Crippen MR) is 35.9 cm³/mol. The average molecular weight is 129 g/mol. The van der Waals surface area contributed by atoms with Gasteiger partial charge in [-0.3, -0.25) is 0 Å². The van der Waals surface area contributed by atoms with Gasteiger partial charge in [-0.2, -0.15) is 4.99 Å². The van der Waals surface area contributed by atoms with E-state index >= 15 is 0 Å². The molecule has 0 heterocycles. The van der Waals surface area contributed by atoms with Crippen LogP contribution in [-0.2, 0) is 4.79 Å². The number of hydrogen-bond acceptors (Lipinski definition) is 2. The fraction of sp³-hybridized carbons (Fsp3) is 0.833. The Hall–Kier alpha value is -0.660. The van der Waals surface area contributed by atoms with Crippen molar-refractivity contribution < 1.29 is 9.28 Å². The second-order valence-electron chi connectivity index (χ2n) is 2.99. The lowest BCUT2D eigenvalue weighted by molar-refractivity contribution is -0.868. The first-order valence-corrected chi connectivity index (χ1v) is 2.90. The van der Waals surface area contributed by atoms with Crippen LogP contribution in [-0.4, -0.2) is 44.8 Å². The maximum atomic E-state index is 9.59. The van der Waals surface area contributed by atoms with E-state index in [0.29, 0.717) is 6.54 Å². The molecule has 0 aromatic carbocycles. The summed E-state index contributed by atoms with van der Waals surface area (Å²) in [6.45, 7) is 1.46. The Morgan fingerprint density at radius 1 is 1.44 bits per heavy atom. The van der Waals surface area contributed by atoms with E-state index in [1.807, 2.05) is 0 Å². The molecule has 0 fully saturated rings. The Kier molecular flexibility index (Phi) is 3.13. The molecular weight excluding hydrogens is 116 g/mol. The number of hydrogen-bond donors (Lipinski definition) is 0. The fourth-order valence-electron chi connectivity index (χ4n) is 0.396. The first-order valence-electron chi connectivity index (χ1n) is 2.90. The molecular formula is C6H13N2O+. The smallest absolute Gasteiger partial charge is 0.235 e. The number of aliphatic imine (C=N–C) groups is 1. The summed E-state index contributed by atoms with van der Waals surface area (Å²) in [6.07, 6.45) is 1.51. The lowest BCUT2D eigenvalue weighted by Crippen LogP contribution is -2.36. The van der Waals surface area contributed by atoms with Crippen LogP contribution in [0.25, 0.3) is 0 Å². The van der Waals surface area contributed by atoms with Gasteiger partial charge in [0.05, 0.1) is 27.7 Å². The van der Waals surface area contributed by atoms with Crippen molar-refractivity contribution in [3.05, 3.63) is 0 Å². The molecule has 9 heavy (non-hydrogen) atoms. The third-order valence-corrected chi connectivity index (χ3v) is 0.947. The molecule has 0 aliphatic heterocycles. The Morgan fingerprint density at radius 2 is 2.00 bits per heavy atom. The van der Waals surface area contributed by atoms with E-state index in [1.165, 1.54) is 6.08 Å². The van der Waals surface area contributed by atoms with E-state index in [-0.39, 0.29) is 0 Å². The summed E-state index contributed by atoms with van der Waals surface area (Å²) in [7, 11) is 6.17. The van der Waals surface area contributed by atoms with Crippen LogP contribution in [0, 0.1) is 0 Å². The second-order valence-corrected chi connectivity index (χ2v) is 2.99. The molecule has 52 valence electrons. The Balaban J connectivity index is 3.39. The molecule has 0 bridgehead atoms. The Labute approximate surface area is 55.6 Å². The maximum Gasteiger partial charge on any atom is 0.235 e. The molecule has 0 atom stereocenters. The van der Waals surface area contributed by atoms with E-state index in [9.17, 15) is 4.79 Å². The molecule has 0 aromatic rings. The van der Waals surface area contributed by atoms with Crippen LogP contribution in [0.1, 0.15) is 0 Å². The first-order chi connectivity index (χ1) is 4.06. The number of rotatable bonds is 3. The monoisotopic (exact) mass is 129 g/mol. The summed E-state index contributed by atoms with van der Waals surface area (Å²) < 4.78 is 0.838. The molecule has 0 spiro atoms. The Morgan fingerprint density at radius 3 is 2.33 bits per heavy atom. The third-order valence-electron chi connectivity index (χ3n) is 0.947. The standard InChI is InChI=1S/C6H13N2O/c1-8(2,3)5-4-7-6-9/h4-5H2,1-3H3/q+1. The van der Waals surface area contributed by atoms with E-state index in [1.54, 1.807) is 0 Å². The predicted octanol–water partition coefficient (Wildman–Crippen LogP) is 0.0284. The molecule has 0 saturated heterocycles. The van der Waals surface area contributed by atoms with E-state index in [2.05, 4.69) is 26.1 Å². The van der Waals surface area contributed by atoms with Gasteiger partial charge >= 0.3 is 0 Å². The van der Waals surface area contributed by atoms with Crippen LogP contribution in [0.4, 0.5) is 0 Å². The van der Waals surface area contributed by atoms with Crippen molar-refractivity contribution >= 4 is 6.08 Å². The molecule has 0 aliphatic carbocycles. The van der Waals surface area contributed by atoms with Crippen molar-refractivity contribution in [2.24, 2.45) is 4.99 Å². The molecule has 0 saturated carbocycles. The Bertz CT molecular complexity index is 120.